The normalized spacial score (nSPS) is 21.3. The Morgan fingerprint density at radius 2 is 1.83 bits per heavy atom. The smallest absolute Gasteiger partial charge is 0.251 e. The summed E-state index contributed by atoms with van der Waals surface area (Å²) in [4.78, 5) is 42.1. The highest BCUT2D eigenvalue weighted by Crippen LogP contribution is 2.47. The Bertz CT molecular complexity index is 852. The first kappa shape index (κ1) is 20.8. The predicted octanol–water partition coefficient (Wildman–Crippen LogP) is 2.09. The minimum Gasteiger partial charge on any atom is -0.381 e. The van der Waals surface area contributed by atoms with Gasteiger partial charge in [0.15, 0.2) is 0 Å². The lowest BCUT2D eigenvalue weighted by Crippen LogP contribution is -2.50. The van der Waals surface area contributed by atoms with Crippen LogP contribution in [0.4, 0.5) is 5.69 Å². The zero-order chi connectivity index (χ0) is 21.5. The number of amides is 3. The molecule has 0 aliphatic carbocycles. The molecule has 0 radical (unpaired) electrons. The number of hydrogen-bond donors (Lipinski definition) is 1. The first-order valence-corrected chi connectivity index (χ1v) is 10.9. The van der Waals surface area contributed by atoms with Gasteiger partial charge < -0.3 is 19.9 Å². The minimum atomic E-state index is -0.646. The molecule has 3 amide bonds. The number of carbonyl (C=O) groups excluding carboxylic acids is 3. The maximum absolute atomic E-state index is 13.3. The van der Waals surface area contributed by atoms with Crippen LogP contribution in [-0.4, -0.2) is 62.0 Å². The third-order valence-corrected chi connectivity index (χ3v) is 6.83. The monoisotopic (exact) mass is 413 g/mol. The fourth-order valence-corrected chi connectivity index (χ4v) is 4.97. The summed E-state index contributed by atoms with van der Waals surface area (Å²) in [5.74, 6) is 0.0487. The van der Waals surface area contributed by atoms with Crippen molar-refractivity contribution in [2.45, 2.75) is 51.0 Å². The lowest BCUT2D eigenvalue weighted by molar-refractivity contribution is -0.138. The standard InChI is InChI=1S/C23H31N3O4/c1-15(2)21(28)26-10-8-23(9-11-26)18-14-16(4-5-19(18)25(3)22(23)29)20(27)24-17-6-12-30-13-7-17/h4-5,14-15,17H,6-13H2,1-3H3,(H,24,27). The van der Waals surface area contributed by atoms with Gasteiger partial charge in [0, 0.05) is 56.6 Å². The van der Waals surface area contributed by atoms with Gasteiger partial charge in [0.1, 0.15) is 0 Å². The second kappa shape index (κ2) is 8.02. The Kier molecular flexibility index (Phi) is 5.57. The quantitative estimate of drug-likeness (QED) is 0.823. The molecule has 0 unspecified atom stereocenters. The molecule has 7 heteroatoms. The minimum absolute atomic E-state index is 0.0474. The predicted molar refractivity (Wildman–Crippen MR) is 113 cm³/mol. The third-order valence-electron chi connectivity index (χ3n) is 6.83. The SMILES string of the molecule is CC(C)C(=O)N1CCC2(CC1)C(=O)N(C)c1ccc(C(=O)NC3CCOCC3)cc12. The summed E-state index contributed by atoms with van der Waals surface area (Å²) < 4.78 is 5.36. The van der Waals surface area contributed by atoms with Gasteiger partial charge in [-0.25, -0.2) is 0 Å². The molecule has 2 fully saturated rings. The summed E-state index contributed by atoms with van der Waals surface area (Å²) in [5, 5.41) is 3.10. The molecule has 3 heterocycles. The molecule has 30 heavy (non-hydrogen) atoms. The number of fused-ring (bicyclic) bond motifs is 2. The number of benzene rings is 1. The number of hydrogen-bond acceptors (Lipinski definition) is 4. The zero-order valence-corrected chi connectivity index (χ0v) is 18.1. The Morgan fingerprint density at radius 3 is 2.47 bits per heavy atom. The van der Waals surface area contributed by atoms with Crippen LogP contribution in [0.2, 0.25) is 0 Å². The largest absolute Gasteiger partial charge is 0.381 e. The van der Waals surface area contributed by atoms with E-state index >= 15 is 0 Å². The molecule has 1 spiro atoms. The topological polar surface area (TPSA) is 79.0 Å². The van der Waals surface area contributed by atoms with Gasteiger partial charge in [-0.1, -0.05) is 13.8 Å². The summed E-state index contributed by atoms with van der Waals surface area (Å²) >= 11 is 0. The lowest BCUT2D eigenvalue weighted by atomic mass is 9.73. The molecular weight excluding hydrogens is 382 g/mol. The van der Waals surface area contributed by atoms with E-state index in [1.165, 1.54) is 0 Å². The lowest BCUT2D eigenvalue weighted by Gasteiger charge is -2.39. The number of nitrogens with one attached hydrogen (secondary N) is 1. The van der Waals surface area contributed by atoms with Gasteiger partial charge in [-0.15, -0.1) is 0 Å². The summed E-state index contributed by atoms with van der Waals surface area (Å²) in [6.07, 6.45) is 2.82. The van der Waals surface area contributed by atoms with E-state index in [-0.39, 0.29) is 29.7 Å². The number of likely N-dealkylation sites (tertiary alicyclic amines) is 1. The Balaban J connectivity index is 1.57. The molecule has 0 atom stereocenters. The number of carbonyl (C=O) groups is 3. The second-order valence-corrected chi connectivity index (χ2v) is 9.02. The molecule has 1 N–H and O–H groups in total. The molecule has 3 aliphatic rings. The van der Waals surface area contributed by atoms with Gasteiger partial charge in [0.2, 0.25) is 11.8 Å². The molecular formula is C23H31N3O4. The number of rotatable bonds is 3. The molecule has 0 saturated carbocycles. The summed E-state index contributed by atoms with van der Waals surface area (Å²) in [5.41, 5.74) is 1.73. The van der Waals surface area contributed by atoms with E-state index in [0.717, 1.165) is 24.1 Å². The number of likely N-dealkylation sites (N-methyl/N-ethyl adjacent to an activating group) is 1. The van der Waals surface area contributed by atoms with E-state index < -0.39 is 5.41 Å². The van der Waals surface area contributed by atoms with Gasteiger partial charge in [-0.05, 0) is 49.4 Å². The maximum atomic E-state index is 13.3. The van der Waals surface area contributed by atoms with Crippen molar-refractivity contribution in [1.82, 2.24) is 10.2 Å². The van der Waals surface area contributed by atoms with E-state index in [4.69, 9.17) is 4.74 Å². The van der Waals surface area contributed by atoms with Crippen LogP contribution < -0.4 is 10.2 Å². The molecule has 2 saturated heterocycles. The van der Waals surface area contributed by atoms with Crippen LogP contribution in [0, 0.1) is 5.92 Å². The summed E-state index contributed by atoms with van der Waals surface area (Å²) in [6.45, 7) is 6.27. The van der Waals surface area contributed by atoms with Crippen molar-refractivity contribution in [3.05, 3.63) is 29.3 Å². The van der Waals surface area contributed by atoms with Crippen LogP contribution >= 0.6 is 0 Å². The highest BCUT2D eigenvalue weighted by Gasteiger charge is 2.51. The van der Waals surface area contributed by atoms with Gasteiger partial charge in [0.05, 0.1) is 5.41 Å². The molecule has 7 nitrogen and oxygen atoms in total. The van der Waals surface area contributed by atoms with Gasteiger partial charge in [-0.2, -0.15) is 0 Å². The van der Waals surface area contributed by atoms with Crippen molar-refractivity contribution in [2.75, 3.05) is 38.3 Å². The van der Waals surface area contributed by atoms with Crippen LogP contribution in [-0.2, 0) is 19.7 Å². The first-order valence-electron chi connectivity index (χ1n) is 10.9. The number of anilines is 1. The number of nitrogens with zero attached hydrogens (tertiary/aromatic N) is 2. The van der Waals surface area contributed by atoms with Crippen LogP contribution in [0.15, 0.2) is 18.2 Å². The molecule has 4 rings (SSSR count). The second-order valence-electron chi connectivity index (χ2n) is 9.02. The summed E-state index contributed by atoms with van der Waals surface area (Å²) in [7, 11) is 1.79. The Hall–Kier alpha value is -2.41. The number of ether oxygens (including phenoxy) is 1. The van der Waals surface area contributed by atoms with Gasteiger partial charge >= 0.3 is 0 Å². The van der Waals surface area contributed by atoms with E-state index in [0.29, 0.717) is 44.7 Å². The van der Waals surface area contributed by atoms with E-state index in [2.05, 4.69) is 5.32 Å². The van der Waals surface area contributed by atoms with Crippen molar-refractivity contribution >= 4 is 23.4 Å². The van der Waals surface area contributed by atoms with Crippen molar-refractivity contribution < 1.29 is 19.1 Å². The van der Waals surface area contributed by atoms with Crippen molar-refractivity contribution in [3.63, 3.8) is 0 Å². The van der Waals surface area contributed by atoms with Crippen molar-refractivity contribution in [2.24, 2.45) is 5.92 Å². The van der Waals surface area contributed by atoms with E-state index in [1.807, 2.05) is 30.9 Å². The Labute approximate surface area is 177 Å². The van der Waals surface area contributed by atoms with Gasteiger partial charge in [-0.3, -0.25) is 14.4 Å². The fraction of sp³-hybridized carbons (Fsp3) is 0.609. The molecule has 3 aliphatic heterocycles. The Morgan fingerprint density at radius 1 is 1.17 bits per heavy atom. The first-order chi connectivity index (χ1) is 14.3. The molecule has 1 aromatic carbocycles. The molecule has 1 aromatic rings. The van der Waals surface area contributed by atoms with Crippen LogP contribution in [0.3, 0.4) is 0 Å². The van der Waals surface area contributed by atoms with Crippen LogP contribution in [0.25, 0.3) is 0 Å². The van der Waals surface area contributed by atoms with Crippen LogP contribution in [0.1, 0.15) is 55.5 Å². The molecule has 0 aromatic heterocycles. The average Bonchev–Trinajstić information content (AvgIpc) is 2.96. The van der Waals surface area contributed by atoms with Crippen LogP contribution in [0.5, 0.6) is 0 Å². The zero-order valence-electron chi connectivity index (χ0n) is 18.1. The van der Waals surface area contributed by atoms with Crippen molar-refractivity contribution in [3.8, 4) is 0 Å². The average molecular weight is 414 g/mol. The summed E-state index contributed by atoms with van der Waals surface area (Å²) in [6, 6.07) is 5.70. The molecule has 162 valence electrons. The molecule has 0 bridgehead atoms. The van der Waals surface area contributed by atoms with Gasteiger partial charge in [0.25, 0.3) is 5.91 Å². The highest BCUT2D eigenvalue weighted by molar-refractivity contribution is 6.09. The fourth-order valence-electron chi connectivity index (χ4n) is 4.97. The van der Waals surface area contributed by atoms with E-state index in [1.54, 1.807) is 18.0 Å². The van der Waals surface area contributed by atoms with E-state index in [9.17, 15) is 14.4 Å². The highest BCUT2D eigenvalue weighted by atomic mass is 16.5. The third kappa shape index (κ3) is 3.49. The van der Waals surface area contributed by atoms with Crippen molar-refractivity contribution in [1.29, 1.82) is 0 Å². The maximum Gasteiger partial charge on any atom is 0.251 e. The number of piperidine rings is 1.